The molecule has 0 atom stereocenters. The average molecular weight is 204 g/mol. The van der Waals surface area contributed by atoms with E-state index in [2.05, 4.69) is 45.2 Å². The summed E-state index contributed by atoms with van der Waals surface area (Å²) >= 11 is 0. The second kappa shape index (κ2) is 8.28. The molecule has 0 aromatic heterocycles. The Balaban J connectivity index is 3.58. The summed E-state index contributed by atoms with van der Waals surface area (Å²) in [4.78, 5) is 0. The third-order valence-corrected chi connectivity index (χ3v) is 2.12. The van der Waals surface area contributed by atoms with Crippen LogP contribution in [0.25, 0.3) is 0 Å². The second-order valence-corrected chi connectivity index (χ2v) is 4.36. The molecule has 0 radical (unpaired) electrons. The smallest absolute Gasteiger partial charge is 0.0288 e. The van der Waals surface area contributed by atoms with E-state index >= 15 is 0 Å². The van der Waals surface area contributed by atoms with Crippen LogP contribution in [0.3, 0.4) is 0 Å². The largest absolute Gasteiger partial charge is 0.0998 e. The lowest BCUT2D eigenvalue weighted by molar-refractivity contribution is 0.866. The highest BCUT2D eigenvalue weighted by Crippen LogP contribution is 2.11. The highest BCUT2D eigenvalue weighted by molar-refractivity contribution is 5.11. The third-order valence-electron chi connectivity index (χ3n) is 2.12. The van der Waals surface area contributed by atoms with Crippen molar-refractivity contribution in [2.45, 2.75) is 46.5 Å². The molecule has 0 aliphatic rings. The number of hydrogen-bond acceptors (Lipinski definition) is 0. The summed E-state index contributed by atoms with van der Waals surface area (Å²) in [5.41, 5.74) is 3.86. The fourth-order valence-corrected chi connectivity index (χ4v) is 1.26. The molecule has 0 aromatic carbocycles. The molecule has 0 amide bonds. The lowest BCUT2D eigenvalue weighted by Crippen LogP contribution is -1.81. The van der Waals surface area contributed by atoms with E-state index in [0.717, 1.165) is 31.3 Å². The zero-order valence-corrected chi connectivity index (χ0v) is 10.5. The summed E-state index contributed by atoms with van der Waals surface area (Å²) < 4.78 is 0. The van der Waals surface area contributed by atoms with E-state index in [1.165, 1.54) is 11.1 Å². The minimum absolute atomic E-state index is 1.08. The Morgan fingerprint density at radius 2 is 1.60 bits per heavy atom. The third kappa shape index (κ3) is 10.9. The predicted octanol–water partition coefficient (Wildman–Crippen LogP) is 5.20. The van der Waals surface area contributed by atoms with Crippen molar-refractivity contribution >= 4 is 0 Å². The van der Waals surface area contributed by atoms with E-state index in [1.807, 2.05) is 6.92 Å². The Labute approximate surface area is 95.1 Å². The maximum Gasteiger partial charge on any atom is -0.0288 e. The van der Waals surface area contributed by atoms with Crippen LogP contribution in [0.15, 0.2) is 48.1 Å². The summed E-state index contributed by atoms with van der Waals surface area (Å²) in [5.74, 6) is 0. The van der Waals surface area contributed by atoms with Crippen LogP contribution in [0.1, 0.15) is 46.5 Å². The molecular weight excluding hydrogens is 180 g/mol. The maximum atomic E-state index is 4.08. The molecule has 84 valence electrons. The lowest BCUT2D eigenvalue weighted by atomic mass is 10.1. The monoisotopic (exact) mass is 204 g/mol. The maximum absolute atomic E-state index is 4.08. The molecule has 0 aromatic rings. The minimum Gasteiger partial charge on any atom is -0.0998 e. The van der Waals surface area contributed by atoms with Gasteiger partial charge in [-0.3, -0.25) is 0 Å². The molecule has 0 aliphatic carbocycles. The quantitative estimate of drug-likeness (QED) is 0.395. The molecule has 0 spiro atoms. The van der Waals surface area contributed by atoms with Crippen LogP contribution in [0.2, 0.25) is 0 Å². The van der Waals surface area contributed by atoms with Crippen molar-refractivity contribution in [3.8, 4) is 0 Å². The van der Waals surface area contributed by atoms with Crippen molar-refractivity contribution in [3.05, 3.63) is 48.1 Å². The van der Waals surface area contributed by atoms with E-state index in [4.69, 9.17) is 0 Å². The summed E-state index contributed by atoms with van der Waals surface area (Å²) in [6.07, 6.45) is 10.9. The van der Waals surface area contributed by atoms with Crippen LogP contribution >= 0.6 is 0 Å². The number of hydrogen-bond donors (Lipinski definition) is 0. The standard InChI is InChI=1S/C15H24/c1-13(2)9-6-7-11-15(5)12-8-10-14(3)4/h6,9-10H,1,5,7-8,11-12H2,2-4H3/b9-6+. The molecule has 0 heteroatoms. The van der Waals surface area contributed by atoms with Crippen molar-refractivity contribution in [1.82, 2.24) is 0 Å². The van der Waals surface area contributed by atoms with Crippen LogP contribution in [-0.4, -0.2) is 0 Å². The van der Waals surface area contributed by atoms with E-state index in [0.29, 0.717) is 0 Å². The van der Waals surface area contributed by atoms with Gasteiger partial charge in [-0.05, 0) is 46.5 Å². The summed E-state index contributed by atoms with van der Waals surface area (Å²) in [5, 5.41) is 0. The molecule has 0 bridgehead atoms. The first-order valence-corrected chi connectivity index (χ1v) is 5.64. The molecule has 0 unspecified atom stereocenters. The van der Waals surface area contributed by atoms with Gasteiger partial charge in [0, 0.05) is 0 Å². The van der Waals surface area contributed by atoms with Gasteiger partial charge in [0.1, 0.15) is 0 Å². The second-order valence-electron chi connectivity index (χ2n) is 4.36. The molecule has 0 N–H and O–H groups in total. The van der Waals surface area contributed by atoms with Gasteiger partial charge in [0.15, 0.2) is 0 Å². The molecule has 0 saturated heterocycles. The van der Waals surface area contributed by atoms with Crippen LogP contribution in [0.4, 0.5) is 0 Å². The molecule has 0 heterocycles. The van der Waals surface area contributed by atoms with E-state index in [-0.39, 0.29) is 0 Å². The molecule has 0 aliphatic heterocycles. The van der Waals surface area contributed by atoms with Crippen molar-refractivity contribution < 1.29 is 0 Å². The van der Waals surface area contributed by atoms with Crippen molar-refractivity contribution in [2.75, 3.05) is 0 Å². The Morgan fingerprint density at radius 1 is 1.00 bits per heavy atom. The van der Waals surface area contributed by atoms with Gasteiger partial charge in [-0.2, -0.15) is 0 Å². The lowest BCUT2D eigenvalue weighted by Gasteiger charge is -2.01. The number of allylic oxidation sites excluding steroid dienone is 6. The topological polar surface area (TPSA) is 0 Å². The molecule has 0 rings (SSSR count). The van der Waals surface area contributed by atoms with Gasteiger partial charge in [-0.15, -0.1) is 0 Å². The highest BCUT2D eigenvalue weighted by atomic mass is 14.0. The molecule has 0 nitrogen and oxygen atoms in total. The first-order valence-electron chi connectivity index (χ1n) is 5.64. The summed E-state index contributed by atoms with van der Waals surface area (Å²) in [6, 6.07) is 0. The van der Waals surface area contributed by atoms with Crippen LogP contribution < -0.4 is 0 Å². The van der Waals surface area contributed by atoms with Crippen LogP contribution in [0, 0.1) is 0 Å². The van der Waals surface area contributed by atoms with E-state index in [1.54, 1.807) is 0 Å². The molecule has 0 saturated carbocycles. The van der Waals surface area contributed by atoms with Gasteiger partial charge in [0.25, 0.3) is 0 Å². The van der Waals surface area contributed by atoms with Gasteiger partial charge < -0.3 is 0 Å². The van der Waals surface area contributed by atoms with Crippen LogP contribution in [0.5, 0.6) is 0 Å². The highest BCUT2D eigenvalue weighted by Gasteiger charge is 1.91. The van der Waals surface area contributed by atoms with Crippen molar-refractivity contribution in [2.24, 2.45) is 0 Å². The van der Waals surface area contributed by atoms with Gasteiger partial charge in [-0.25, -0.2) is 0 Å². The summed E-state index contributed by atoms with van der Waals surface area (Å²) in [6.45, 7) is 14.2. The van der Waals surface area contributed by atoms with Gasteiger partial charge >= 0.3 is 0 Å². The Morgan fingerprint density at radius 3 is 2.13 bits per heavy atom. The van der Waals surface area contributed by atoms with E-state index < -0.39 is 0 Å². The molecule has 0 fully saturated rings. The zero-order valence-electron chi connectivity index (χ0n) is 10.5. The van der Waals surface area contributed by atoms with Crippen molar-refractivity contribution in [3.63, 3.8) is 0 Å². The fourth-order valence-electron chi connectivity index (χ4n) is 1.26. The Bertz CT molecular complexity index is 260. The predicted molar refractivity (Wildman–Crippen MR) is 71.0 cm³/mol. The fraction of sp³-hybridized carbons (Fsp3) is 0.467. The summed E-state index contributed by atoms with van der Waals surface area (Å²) in [7, 11) is 0. The van der Waals surface area contributed by atoms with Crippen molar-refractivity contribution in [1.29, 1.82) is 0 Å². The van der Waals surface area contributed by atoms with Gasteiger partial charge in [-0.1, -0.05) is 48.1 Å². The Hall–Kier alpha value is -1.04. The SMILES string of the molecule is C=C(C)/C=C/CCC(=C)CCC=C(C)C. The van der Waals surface area contributed by atoms with Gasteiger partial charge in [0.05, 0.1) is 0 Å². The normalized spacial score (nSPS) is 10.3. The first kappa shape index (κ1) is 14.0. The minimum atomic E-state index is 1.08. The number of rotatable bonds is 7. The molecular formula is C15H24. The van der Waals surface area contributed by atoms with Crippen LogP contribution in [-0.2, 0) is 0 Å². The average Bonchev–Trinajstić information content (AvgIpc) is 2.11. The first-order chi connectivity index (χ1) is 7.02. The molecule has 15 heavy (non-hydrogen) atoms. The zero-order chi connectivity index (χ0) is 11.7. The Kier molecular flexibility index (Phi) is 7.71. The van der Waals surface area contributed by atoms with E-state index in [9.17, 15) is 0 Å². The van der Waals surface area contributed by atoms with Gasteiger partial charge in [0.2, 0.25) is 0 Å².